The summed E-state index contributed by atoms with van der Waals surface area (Å²) < 4.78 is 22.7. The molecule has 10 nitrogen and oxygen atoms in total. The van der Waals surface area contributed by atoms with E-state index in [0.717, 1.165) is 0 Å². The topological polar surface area (TPSA) is 132 Å². The highest BCUT2D eigenvalue weighted by Crippen LogP contribution is 1.83. The Kier molecular flexibility index (Phi) is 25.6. The van der Waals surface area contributed by atoms with Gasteiger partial charge in [0.1, 0.15) is 26.4 Å². The van der Waals surface area contributed by atoms with E-state index in [-0.39, 0.29) is 43.7 Å². The summed E-state index contributed by atoms with van der Waals surface area (Å²) in [6.07, 6.45) is 7.42. The van der Waals surface area contributed by atoms with Crippen LogP contribution < -0.4 is 0 Å². The summed E-state index contributed by atoms with van der Waals surface area (Å²) in [5.41, 5.74) is 0. The van der Waals surface area contributed by atoms with Crippen LogP contribution in [0.5, 0.6) is 0 Å². The number of esters is 5. The molecule has 0 amide bonds. The second-order valence-corrected chi connectivity index (χ2v) is 5.12. The monoisotopic (exact) mass is 444 g/mol. The number of ether oxygens (including phenoxy) is 5. The summed E-state index contributed by atoms with van der Waals surface area (Å²) in [6.45, 7) is 11.6. The van der Waals surface area contributed by atoms with Gasteiger partial charge in [0.15, 0.2) is 0 Å². The average Bonchev–Trinajstić information content (AvgIpc) is 2.67. The Morgan fingerprint density at radius 3 is 1.26 bits per heavy atom. The predicted octanol–water partition coefficient (Wildman–Crippen LogP) is 2.07. The number of hydrogen-bond donors (Lipinski definition) is 0. The van der Waals surface area contributed by atoms with Gasteiger partial charge in [-0.1, -0.05) is 12.7 Å². The van der Waals surface area contributed by atoms with E-state index in [4.69, 9.17) is 0 Å². The van der Waals surface area contributed by atoms with Crippen LogP contribution in [0.1, 0.15) is 34.6 Å². The lowest BCUT2D eigenvalue weighted by Crippen LogP contribution is -2.01. The first-order valence-corrected chi connectivity index (χ1v) is 9.19. The minimum atomic E-state index is -0.426. The van der Waals surface area contributed by atoms with Gasteiger partial charge in [-0.3, -0.25) is 19.2 Å². The summed E-state index contributed by atoms with van der Waals surface area (Å²) in [5.74, 6) is -1.72. The van der Waals surface area contributed by atoms with E-state index in [1.807, 2.05) is 0 Å². The number of rotatable bonds is 10. The Morgan fingerprint density at radius 1 is 0.613 bits per heavy atom. The molecule has 0 heterocycles. The van der Waals surface area contributed by atoms with Crippen LogP contribution in [0.3, 0.4) is 0 Å². The first-order chi connectivity index (χ1) is 14.6. The third-order valence-electron chi connectivity index (χ3n) is 2.26. The van der Waals surface area contributed by atoms with Gasteiger partial charge < -0.3 is 23.7 Å². The maximum absolute atomic E-state index is 10.6. The van der Waals surface area contributed by atoms with Gasteiger partial charge in [0.2, 0.25) is 0 Å². The fraction of sp³-hybridized carbons (Fsp3) is 0.476. The van der Waals surface area contributed by atoms with Gasteiger partial charge >= 0.3 is 29.8 Å². The van der Waals surface area contributed by atoms with Crippen LogP contribution >= 0.6 is 0 Å². The maximum Gasteiger partial charge on any atom is 0.330 e. The van der Waals surface area contributed by atoms with Gasteiger partial charge in [0.25, 0.3) is 0 Å². The molecule has 0 atom stereocenters. The number of carbonyl (C=O) groups is 5. The molecule has 0 fully saturated rings. The van der Waals surface area contributed by atoms with Crippen LogP contribution in [0.25, 0.3) is 0 Å². The van der Waals surface area contributed by atoms with Crippen molar-refractivity contribution in [1.29, 1.82) is 0 Å². The first-order valence-electron chi connectivity index (χ1n) is 9.19. The van der Waals surface area contributed by atoms with Crippen LogP contribution in [-0.4, -0.2) is 62.9 Å². The molecule has 0 aliphatic rings. The minimum absolute atomic E-state index is 0.105. The molecule has 176 valence electrons. The predicted molar refractivity (Wildman–Crippen MR) is 112 cm³/mol. The van der Waals surface area contributed by atoms with Crippen molar-refractivity contribution in [3.63, 3.8) is 0 Å². The Balaban J connectivity index is -0.000000394. The molecule has 10 heteroatoms. The van der Waals surface area contributed by atoms with Crippen LogP contribution in [0.4, 0.5) is 0 Å². The summed E-state index contributed by atoms with van der Waals surface area (Å²) in [6, 6.07) is 0. The lowest BCUT2D eigenvalue weighted by molar-refractivity contribution is -0.141. The quantitative estimate of drug-likeness (QED) is 0.213. The molecule has 0 spiro atoms. The van der Waals surface area contributed by atoms with Crippen molar-refractivity contribution in [2.75, 3.05) is 33.0 Å². The highest BCUT2D eigenvalue weighted by molar-refractivity contribution is 5.81. The smallest absolute Gasteiger partial charge is 0.330 e. The van der Waals surface area contributed by atoms with Crippen molar-refractivity contribution in [2.24, 2.45) is 0 Å². The van der Waals surface area contributed by atoms with E-state index in [1.165, 1.54) is 45.9 Å². The molecular weight excluding hydrogens is 412 g/mol. The van der Waals surface area contributed by atoms with Gasteiger partial charge in [-0.05, 0) is 25.2 Å². The van der Waals surface area contributed by atoms with Crippen molar-refractivity contribution in [3.05, 3.63) is 37.0 Å². The molecular formula is C21H32O10. The number of carbonyl (C=O) groups excluding carboxylic acids is 5. The molecule has 0 radical (unpaired) electrons. The average molecular weight is 444 g/mol. The fourth-order valence-electron chi connectivity index (χ4n) is 1.14. The largest absolute Gasteiger partial charge is 0.463 e. The van der Waals surface area contributed by atoms with Crippen molar-refractivity contribution < 1.29 is 47.7 Å². The van der Waals surface area contributed by atoms with Crippen molar-refractivity contribution in [3.8, 4) is 0 Å². The molecule has 0 bridgehead atoms. The molecule has 0 aromatic carbocycles. The summed E-state index contributed by atoms with van der Waals surface area (Å²) in [7, 11) is 0. The Morgan fingerprint density at radius 2 is 0.968 bits per heavy atom. The molecule has 0 aliphatic carbocycles. The third-order valence-corrected chi connectivity index (χ3v) is 2.26. The lowest BCUT2D eigenvalue weighted by atomic mass is 10.5. The van der Waals surface area contributed by atoms with E-state index in [2.05, 4.69) is 30.3 Å². The van der Waals surface area contributed by atoms with Crippen LogP contribution in [0.15, 0.2) is 37.0 Å². The highest BCUT2D eigenvalue weighted by Gasteiger charge is 1.93. The summed E-state index contributed by atoms with van der Waals surface area (Å²) >= 11 is 0. The van der Waals surface area contributed by atoms with Gasteiger partial charge in [-0.15, -0.1) is 0 Å². The zero-order valence-corrected chi connectivity index (χ0v) is 18.7. The maximum atomic E-state index is 10.6. The van der Waals surface area contributed by atoms with E-state index in [1.54, 1.807) is 19.1 Å². The molecule has 0 aliphatic heterocycles. The van der Waals surface area contributed by atoms with Crippen molar-refractivity contribution in [2.45, 2.75) is 34.6 Å². The van der Waals surface area contributed by atoms with E-state index in [9.17, 15) is 24.0 Å². The minimum Gasteiger partial charge on any atom is -0.463 e. The third kappa shape index (κ3) is 41.9. The summed E-state index contributed by atoms with van der Waals surface area (Å²) in [5, 5.41) is 0. The molecule has 0 N–H and O–H groups in total. The van der Waals surface area contributed by atoms with Gasteiger partial charge in [-0.2, -0.15) is 0 Å². The zero-order valence-electron chi connectivity index (χ0n) is 18.7. The van der Waals surface area contributed by atoms with Gasteiger partial charge in [0, 0.05) is 33.8 Å². The van der Waals surface area contributed by atoms with E-state index < -0.39 is 5.97 Å². The molecule has 0 saturated carbocycles. The second-order valence-electron chi connectivity index (χ2n) is 5.12. The molecule has 0 aromatic rings. The fourth-order valence-corrected chi connectivity index (χ4v) is 1.14. The van der Waals surface area contributed by atoms with Crippen LogP contribution in [0, 0.1) is 0 Å². The summed E-state index contributed by atoms with van der Waals surface area (Å²) in [4.78, 5) is 51.3. The Hall–Kier alpha value is -3.43. The van der Waals surface area contributed by atoms with Crippen molar-refractivity contribution in [1.82, 2.24) is 0 Å². The number of hydrogen-bond acceptors (Lipinski definition) is 10. The second kappa shape index (κ2) is 24.6. The molecule has 0 saturated heterocycles. The zero-order chi connectivity index (χ0) is 24.5. The molecule has 0 aromatic heterocycles. The van der Waals surface area contributed by atoms with E-state index in [0.29, 0.717) is 13.2 Å². The van der Waals surface area contributed by atoms with Crippen LogP contribution in [-0.2, 0) is 47.7 Å². The Bertz CT molecular complexity index is 585. The lowest BCUT2D eigenvalue weighted by Gasteiger charge is -1.96. The standard InChI is InChI=1S/2C8H12O4.C5H8O2/c1-7(9)11-5-3-4-6-12-8(2)10;1-3-11-8(10)5-4-6-12-7(2)9;1-3-4-7-5(2)6/h3-4H,5-6H2,1-2H3;4-5H,3,6H2,1-2H3;3H,1,4H2,2H3/b4-3-;5-4+;. The van der Waals surface area contributed by atoms with Gasteiger partial charge in [0.05, 0.1) is 6.61 Å². The van der Waals surface area contributed by atoms with Gasteiger partial charge in [-0.25, -0.2) is 4.79 Å². The molecule has 0 rings (SSSR count). The molecule has 0 unspecified atom stereocenters. The first kappa shape index (κ1) is 32.2. The van der Waals surface area contributed by atoms with E-state index >= 15 is 0 Å². The highest BCUT2D eigenvalue weighted by atomic mass is 16.5. The van der Waals surface area contributed by atoms with Crippen LogP contribution in [0.2, 0.25) is 0 Å². The Labute approximate surface area is 182 Å². The normalized spacial score (nSPS) is 9.32. The van der Waals surface area contributed by atoms with Crippen molar-refractivity contribution >= 4 is 29.8 Å². The molecule has 31 heavy (non-hydrogen) atoms. The SMILES string of the molecule is C=CCOC(C)=O.CC(=O)OC/C=C\COC(C)=O.CCOC(=O)/C=C/COC(C)=O.